The van der Waals surface area contributed by atoms with E-state index < -0.39 is 23.5 Å². The molecule has 2 N–H and O–H groups in total. The third kappa shape index (κ3) is 5.51. The molecular formula is C27H22ClF6N7O. The summed E-state index contributed by atoms with van der Waals surface area (Å²) in [6.07, 6.45) is -5.15. The minimum absolute atomic E-state index is 0.0180. The number of aryl methyl sites for hydroxylation is 2. The Morgan fingerprint density at radius 2 is 1.29 bits per heavy atom. The topological polar surface area (TPSA) is 93.7 Å². The van der Waals surface area contributed by atoms with Crippen molar-refractivity contribution in [2.75, 3.05) is 18.5 Å². The van der Waals surface area contributed by atoms with Crippen LogP contribution in [0.15, 0.2) is 49.1 Å². The van der Waals surface area contributed by atoms with Gasteiger partial charge in [-0.05, 0) is 30.7 Å². The van der Waals surface area contributed by atoms with Crippen molar-refractivity contribution < 1.29 is 31.4 Å². The zero-order valence-corrected chi connectivity index (χ0v) is 22.8. The van der Waals surface area contributed by atoms with E-state index in [0.717, 1.165) is 29.8 Å². The summed E-state index contributed by atoms with van der Waals surface area (Å²) in [4.78, 5) is 16.6. The Bertz CT molecular complexity index is 1930. The summed E-state index contributed by atoms with van der Waals surface area (Å²) in [7, 11) is 3.53. The van der Waals surface area contributed by atoms with Crippen molar-refractivity contribution in [2.24, 2.45) is 14.1 Å². The molecule has 0 fully saturated rings. The first kappa shape index (κ1) is 29.3. The van der Waals surface area contributed by atoms with E-state index in [1.54, 1.807) is 35.9 Å². The highest BCUT2D eigenvalue weighted by molar-refractivity contribution is 6.35. The third-order valence-corrected chi connectivity index (χ3v) is 6.80. The Kier molecular flexibility index (Phi) is 7.62. The Morgan fingerprint density at radius 3 is 1.81 bits per heavy atom. The lowest BCUT2D eigenvalue weighted by Crippen LogP contribution is -2.07. The van der Waals surface area contributed by atoms with Gasteiger partial charge < -0.3 is 19.6 Å². The Balaban J connectivity index is 0.000000171. The van der Waals surface area contributed by atoms with Crippen LogP contribution in [0.1, 0.15) is 17.5 Å². The number of nitrogens with zero attached hydrogens (tertiary/aromatic N) is 6. The molecule has 0 aliphatic carbocycles. The number of anilines is 1. The van der Waals surface area contributed by atoms with E-state index >= 15 is 0 Å². The second-order valence-electron chi connectivity index (χ2n) is 9.43. The molecule has 42 heavy (non-hydrogen) atoms. The van der Waals surface area contributed by atoms with Crippen molar-refractivity contribution in [1.82, 2.24) is 29.1 Å². The number of hydrogen-bond acceptors (Lipinski definition) is 6. The highest BCUT2D eigenvalue weighted by Gasteiger charge is 2.32. The van der Waals surface area contributed by atoms with Crippen molar-refractivity contribution in [3.8, 4) is 0 Å². The van der Waals surface area contributed by atoms with Gasteiger partial charge in [-0.15, -0.1) is 0 Å². The van der Waals surface area contributed by atoms with Crippen LogP contribution in [0.3, 0.4) is 0 Å². The van der Waals surface area contributed by atoms with Crippen LogP contribution in [-0.2, 0) is 26.4 Å². The van der Waals surface area contributed by atoms with Gasteiger partial charge in [-0.2, -0.15) is 26.3 Å². The summed E-state index contributed by atoms with van der Waals surface area (Å²) in [5.41, 5.74) is 1.44. The number of pyridine rings is 2. The van der Waals surface area contributed by atoms with Crippen molar-refractivity contribution in [3.05, 3.63) is 65.3 Å². The number of fused-ring (bicyclic) bond motifs is 6. The van der Waals surface area contributed by atoms with Crippen LogP contribution in [0.5, 0.6) is 0 Å². The number of aliphatic hydroxyl groups excluding tert-OH is 1. The zero-order chi connectivity index (χ0) is 30.4. The fourth-order valence-electron chi connectivity index (χ4n) is 4.56. The Hall–Kier alpha value is -4.17. The number of aromatic nitrogens is 6. The number of aliphatic hydroxyl groups is 1. The van der Waals surface area contributed by atoms with Crippen molar-refractivity contribution in [2.45, 2.75) is 18.8 Å². The molecule has 0 saturated heterocycles. The van der Waals surface area contributed by atoms with Crippen LogP contribution in [0.25, 0.3) is 43.9 Å². The van der Waals surface area contributed by atoms with E-state index in [1.807, 2.05) is 0 Å². The standard InChI is InChI=1S/C15H15F3N4O.C12H7ClF3N3/c1-22-8-20-12-13(22)10-4-3-9(15(16,17)18)7-11(10)21-14(12)19-5-2-6-23;1-19-5-17-9-10(19)7-3-2-6(12(14,15)16)4-8(7)18-11(9)13/h3-4,7-8,23H,2,5-6H2,1H3,(H,19,21);2-5H,1H3. The summed E-state index contributed by atoms with van der Waals surface area (Å²) in [5.74, 6) is 0.417. The molecular weight excluding hydrogens is 588 g/mol. The highest BCUT2D eigenvalue weighted by atomic mass is 35.5. The molecule has 6 rings (SSSR count). The molecule has 220 valence electrons. The minimum Gasteiger partial charge on any atom is -0.396 e. The predicted octanol–water partition coefficient (Wildman–Crippen LogP) is 6.73. The van der Waals surface area contributed by atoms with Crippen LogP contribution in [0.2, 0.25) is 5.15 Å². The zero-order valence-electron chi connectivity index (χ0n) is 22.0. The third-order valence-electron chi connectivity index (χ3n) is 6.53. The van der Waals surface area contributed by atoms with E-state index in [1.165, 1.54) is 12.1 Å². The Morgan fingerprint density at radius 1 is 0.786 bits per heavy atom. The normalized spacial score (nSPS) is 12.3. The smallest absolute Gasteiger partial charge is 0.396 e. The molecule has 6 aromatic rings. The minimum atomic E-state index is -4.41. The van der Waals surface area contributed by atoms with Gasteiger partial charge in [0, 0.05) is 38.0 Å². The molecule has 0 amide bonds. The van der Waals surface area contributed by atoms with Gasteiger partial charge >= 0.3 is 12.4 Å². The van der Waals surface area contributed by atoms with Crippen molar-refractivity contribution in [3.63, 3.8) is 0 Å². The van der Waals surface area contributed by atoms with Gasteiger partial charge in [0.1, 0.15) is 11.0 Å². The quantitative estimate of drug-likeness (QED) is 0.131. The lowest BCUT2D eigenvalue weighted by atomic mass is 10.1. The molecule has 0 saturated carbocycles. The van der Waals surface area contributed by atoms with E-state index in [9.17, 15) is 26.3 Å². The van der Waals surface area contributed by atoms with Crippen LogP contribution < -0.4 is 5.32 Å². The number of imidazole rings is 2. The predicted molar refractivity (Wildman–Crippen MR) is 147 cm³/mol. The summed E-state index contributed by atoms with van der Waals surface area (Å²) < 4.78 is 80.2. The maximum Gasteiger partial charge on any atom is 0.416 e. The van der Waals surface area contributed by atoms with E-state index in [0.29, 0.717) is 46.1 Å². The van der Waals surface area contributed by atoms with Gasteiger partial charge in [-0.3, -0.25) is 0 Å². The summed E-state index contributed by atoms with van der Waals surface area (Å²) >= 11 is 5.95. The molecule has 0 atom stereocenters. The second-order valence-corrected chi connectivity index (χ2v) is 9.79. The summed E-state index contributed by atoms with van der Waals surface area (Å²) in [6.45, 7) is 0.476. The van der Waals surface area contributed by atoms with E-state index in [2.05, 4.69) is 25.3 Å². The molecule has 0 spiro atoms. The first-order chi connectivity index (χ1) is 19.8. The maximum absolute atomic E-state index is 12.9. The van der Waals surface area contributed by atoms with Gasteiger partial charge in [0.15, 0.2) is 11.0 Å². The molecule has 4 heterocycles. The fourth-order valence-corrected chi connectivity index (χ4v) is 4.79. The van der Waals surface area contributed by atoms with Gasteiger partial charge in [0.2, 0.25) is 0 Å². The molecule has 4 aromatic heterocycles. The van der Waals surface area contributed by atoms with Gasteiger partial charge in [-0.25, -0.2) is 19.9 Å². The van der Waals surface area contributed by atoms with Gasteiger partial charge in [0.05, 0.1) is 45.8 Å². The largest absolute Gasteiger partial charge is 0.416 e. The first-order valence-electron chi connectivity index (χ1n) is 12.4. The van der Waals surface area contributed by atoms with Crippen molar-refractivity contribution >= 4 is 61.3 Å². The number of rotatable bonds is 4. The molecule has 0 aliphatic heterocycles. The Labute approximate surface area is 238 Å². The number of halogens is 7. The van der Waals surface area contributed by atoms with Crippen LogP contribution in [0, 0.1) is 0 Å². The van der Waals surface area contributed by atoms with Crippen molar-refractivity contribution in [1.29, 1.82) is 0 Å². The average Bonchev–Trinajstić information content (AvgIpc) is 3.51. The number of benzene rings is 2. The number of nitrogens with one attached hydrogen (secondary N) is 1. The molecule has 0 unspecified atom stereocenters. The maximum atomic E-state index is 12.9. The summed E-state index contributed by atoms with van der Waals surface area (Å²) in [5, 5.41) is 13.2. The van der Waals surface area contributed by atoms with E-state index in [4.69, 9.17) is 16.7 Å². The molecule has 0 radical (unpaired) electrons. The second kappa shape index (κ2) is 10.9. The fraction of sp³-hybridized carbons (Fsp3) is 0.259. The number of alkyl halides is 6. The molecule has 15 heteroatoms. The lowest BCUT2D eigenvalue weighted by molar-refractivity contribution is -0.138. The molecule has 0 aliphatic rings. The van der Waals surface area contributed by atoms with Crippen LogP contribution >= 0.6 is 11.6 Å². The first-order valence-corrected chi connectivity index (χ1v) is 12.8. The highest BCUT2D eigenvalue weighted by Crippen LogP contribution is 2.35. The lowest BCUT2D eigenvalue weighted by Gasteiger charge is -2.11. The molecule has 8 nitrogen and oxygen atoms in total. The van der Waals surface area contributed by atoms with Crippen LogP contribution in [-0.4, -0.2) is 47.3 Å². The van der Waals surface area contributed by atoms with Crippen LogP contribution in [0.4, 0.5) is 32.2 Å². The summed E-state index contributed by atoms with van der Waals surface area (Å²) in [6, 6.07) is 6.94. The molecule has 2 aromatic carbocycles. The SMILES string of the molecule is Cn1cnc2c(Cl)nc3cc(C(F)(F)F)ccc3c21.Cn1cnc2c(NCCCO)nc3cc(C(F)(F)F)ccc3c21. The average molecular weight is 610 g/mol. The van der Waals surface area contributed by atoms with Gasteiger partial charge in [0.25, 0.3) is 0 Å². The van der Waals surface area contributed by atoms with Gasteiger partial charge in [-0.1, -0.05) is 23.7 Å². The number of hydrogen-bond donors (Lipinski definition) is 2. The monoisotopic (exact) mass is 609 g/mol. The van der Waals surface area contributed by atoms with E-state index in [-0.39, 0.29) is 22.8 Å². The molecule has 0 bridgehead atoms.